The molecule has 1 fully saturated rings. The molecule has 4 heteroatoms. The molecule has 1 N–H and O–H groups in total. The van der Waals surface area contributed by atoms with E-state index >= 15 is 0 Å². The van der Waals surface area contributed by atoms with Gasteiger partial charge in [-0.2, -0.15) is 0 Å². The van der Waals surface area contributed by atoms with Gasteiger partial charge in [-0.25, -0.2) is 4.98 Å². The maximum Gasteiger partial charge on any atom is 0.180 e. The van der Waals surface area contributed by atoms with Crippen LogP contribution in [0.1, 0.15) is 25.5 Å². The molecule has 0 aromatic carbocycles. The highest BCUT2D eigenvalue weighted by Gasteiger charge is 2.26. The maximum absolute atomic E-state index is 5.36. The van der Waals surface area contributed by atoms with Crippen molar-refractivity contribution in [2.75, 3.05) is 19.8 Å². The Kier molecular flexibility index (Phi) is 3.38. The minimum atomic E-state index is 0.373. The van der Waals surface area contributed by atoms with Gasteiger partial charge >= 0.3 is 0 Å². The van der Waals surface area contributed by atoms with Crippen LogP contribution in [-0.4, -0.2) is 24.7 Å². The van der Waals surface area contributed by atoms with E-state index in [9.17, 15) is 0 Å². The van der Waals surface area contributed by atoms with E-state index in [1.54, 1.807) is 6.20 Å². The Morgan fingerprint density at radius 1 is 1.47 bits per heavy atom. The van der Waals surface area contributed by atoms with Gasteiger partial charge in [0.15, 0.2) is 6.39 Å². The summed E-state index contributed by atoms with van der Waals surface area (Å²) in [5.41, 5.74) is 0.373. The number of nitrogens with one attached hydrogen (secondary N) is 1. The van der Waals surface area contributed by atoms with Crippen molar-refractivity contribution < 1.29 is 9.15 Å². The van der Waals surface area contributed by atoms with Crippen LogP contribution in [-0.2, 0) is 11.3 Å². The Labute approximate surface area is 90.0 Å². The largest absolute Gasteiger partial charge is 0.447 e. The standard InChI is InChI=1S/C11H18N2O2/c1-11(2-4-14-5-3-11)8-12-6-10-7-13-9-15-10/h7,9,12H,2-6,8H2,1H3. The number of hydrogen-bond donors (Lipinski definition) is 1. The molecule has 0 spiro atoms. The lowest BCUT2D eigenvalue weighted by Gasteiger charge is -2.33. The van der Waals surface area contributed by atoms with Gasteiger partial charge in [-0.3, -0.25) is 0 Å². The predicted octanol–water partition coefficient (Wildman–Crippen LogP) is 1.58. The van der Waals surface area contributed by atoms with Gasteiger partial charge < -0.3 is 14.5 Å². The normalized spacial score (nSPS) is 20.3. The van der Waals surface area contributed by atoms with Crippen LogP contribution in [0.5, 0.6) is 0 Å². The van der Waals surface area contributed by atoms with Gasteiger partial charge in [0.25, 0.3) is 0 Å². The summed E-state index contributed by atoms with van der Waals surface area (Å²) in [7, 11) is 0. The lowest BCUT2D eigenvalue weighted by molar-refractivity contribution is 0.0238. The van der Waals surface area contributed by atoms with Crippen molar-refractivity contribution in [3.63, 3.8) is 0 Å². The molecular formula is C11H18N2O2. The molecule has 0 radical (unpaired) electrons. The Balaban J connectivity index is 1.72. The fourth-order valence-corrected chi connectivity index (χ4v) is 1.86. The van der Waals surface area contributed by atoms with Crippen LogP contribution in [0.15, 0.2) is 17.0 Å². The zero-order valence-electron chi connectivity index (χ0n) is 9.16. The Hall–Kier alpha value is -0.870. The van der Waals surface area contributed by atoms with Gasteiger partial charge in [0.1, 0.15) is 5.76 Å². The molecule has 0 bridgehead atoms. The van der Waals surface area contributed by atoms with E-state index in [0.717, 1.165) is 44.9 Å². The lowest BCUT2D eigenvalue weighted by atomic mass is 9.82. The van der Waals surface area contributed by atoms with Gasteiger partial charge in [0.2, 0.25) is 0 Å². The third kappa shape index (κ3) is 3.04. The van der Waals surface area contributed by atoms with Crippen LogP contribution in [0.4, 0.5) is 0 Å². The molecule has 15 heavy (non-hydrogen) atoms. The monoisotopic (exact) mass is 210 g/mol. The quantitative estimate of drug-likeness (QED) is 0.819. The van der Waals surface area contributed by atoms with Crippen LogP contribution < -0.4 is 5.32 Å². The summed E-state index contributed by atoms with van der Waals surface area (Å²) in [4.78, 5) is 3.88. The SMILES string of the molecule is CC1(CNCc2cnco2)CCOCC1. The molecule has 0 amide bonds. The molecule has 4 nitrogen and oxygen atoms in total. The van der Waals surface area contributed by atoms with E-state index in [1.165, 1.54) is 6.39 Å². The first kappa shape index (κ1) is 10.6. The highest BCUT2D eigenvalue weighted by Crippen LogP contribution is 2.28. The van der Waals surface area contributed by atoms with Crippen molar-refractivity contribution in [2.24, 2.45) is 5.41 Å². The number of oxazole rings is 1. The van der Waals surface area contributed by atoms with Crippen molar-refractivity contribution in [2.45, 2.75) is 26.3 Å². The van der Waals surface area contributed by atoms with Crippen molar-refractivity contribution in [1.29, 1.82) is 0 Å². The van der Waals surface area contributed by atoms with E-state index < -0.39 is 0 Å². The molecule has 1 saturated heterocycles. The summed E-state index contributed by atoms with van der Waals surface area (Å²) in [6, 6.07) is 0. The number of nitrogens with zero attached hydrogens (tertiary/aromatic N) is 1. The van der Waals surface area contributed by atoms with Crippen molar-refractivity contribution in [3.8, 4) is 0 Å². The van der Waals surface area contributed by atoms with Gasteiger partial charge in [-0.15, -0.1) is 0 Å². The number of hydrogen-bond acceptors (Lipinski definition) is 4. The van der Waals surface area contributed by atoms with Crippen molar-refractivity contribution >= 4 is 0 Å². The molecule has 0 saturated carbocycles. The molecule has 84 valence electrons. The Morgan fingerprint density at radius 2 is 2.27 bits per heavy atom. The summed E-state index contributed by atoms with van der Waals surface area (Å²) in [6.45, 7) is 5.86. The lowest BCUT2D eigenvalue weighted by Crippen LogP contribution is -2.36. The first-order valence-corrected chi connectivity index (χ1v) is 5.44. The summed E-state index contributed by atoms with van der Waals surface area (Å²) in [6.07, 6.45) is 5.49. The van der Waals surface area contributed by atoms with Crippen LogP contribution in [0.25, 0.3) is 0 Å². The van der Waals surface area contributed by atoms with Gasteiger partial charge in [-0.1, -0.05) is 6.92 Å². The topological polar surface area (TPSA) is 47.3 Å². The van der Waals surface area contributed by atoms with Crippen LogP contribution in [0, 0.1) is 5.41 Å². The predicted molar refractivity (Wildman–Crippen MR) is 56.4 cm³/mol. The third-order valence-electron chi connectivity index (χ3n) is 3.03. The Morgan fingerprint density at radius 3 is 2.93 bits per heavy atom. The van der Waals surface area contributed by atoms with Gasteiger partial charge in [0.05, 0.1) is 12.7 Å². The fourth-order valence-electron chi connectivity index (χ4n) is 1.86. The second-order valence-corrected chi connectivity index (χ2v) is 4.49. The molecule has 0 atom stereocenters. The zero-order chi connectivity index (χ0) is 10.6. The highest BCUT2D eigenvalue weighted by atomic mass is 16.5. The number of ether oxygens (including phenoxy) is 1. The van der Waals surface area contributed by atoms with Gasteiger partial charge in [0, 0.05) is 19.8 Å². The average molecular weight is 210 g/mol. The molecule has 1 aliphatic heterocycles. The smallest absolute Gasteiger partial charge is 0.180 e. The average Bonchev–Trinajstić information content (AvgIpc) is 2.71. The number of aromatic nitrogens is 1. The van der Waals surface area contributed by atoms with Crippen molar-refractivity contribution in [3.05, 3.63) is 18.4 Å². The second kappa shape index (κ2) is 4.77. The van der Waals surface area contributed by atoms with E-state index in [2.05, 4.69) is 17.2 Å². The van der Waals surface area contributed by atoms with E-state index in [-0.39, 0.29) is 0 Å². The molecule has 1 aromatic rings. The summed E-state index contributed by atoms with van der Waals surface area (Å²) in [5.74, 6) is 0.894. The highest BCUT2D eigenvalue weighted by molar-refractivity contribution is 4.88. The molecule has 0 unspecified atom stereocenters. The first-order valence-electron chi connectivity index (χ1n) is 5.44. The minimum Gasteiger partial charge on any atom is -0.447 e. The first-order chi connectivity index (χ1) is 7.29. The molecule has 2 rings (SSSR count). The molecular weight excluding hydrogens is 192 g/mol. The van der Waals surface area contributed by atoms with E-state index in [4.69, 9.17) is 9.15 Å². The van der Waals surface area contributed by atoms with E-state index in [1.807, 2.05) is 0 Å². The van der Waals surface area contributed by atoms with Gasteiger partial charge in [-0.05, 0) is 18.3 Å². The zero-order valence-corrected chi connectivity index (χ0v) is 9.16. The molecule has 0 aliphatic carbocycles. The molecule has 1 aromatic heterocycles. The Bertz CT molecular complexity index is 279. The van der Waals surface area contributed by atoms with Crippen LogP contribution >= 0.6 is 0 Å². The minimum absolute atomic E-state index is 0.373. The molecule has 1 aliphatic rings. The van der Waals surface area contributed by atoms with Crippen molar-refractivity contribution in [1.82, 2.24) is 10.3 Å². The number of rotatable bonds is 4. The van der Waals surface area contributed by atoms with E-state index in [0.29, 0.717) is 5.41 Å². The summed E-state index contributed by atoms with van der Waals surface area (Å²) >= 11 is 0. The second-order valence-electron chi connectivity index (χ2n) is 4.49. The summed E-state index contributed by atoms with van der Waals surface area (Å²) in [5, 5.41) is 3.41. The summed E-state index contributed by atoms with van der Waals surface area (Å²) < 4.78 is 10.5. The maximum atomic E-state index is 5.36. The third-order valence-corrected chi connectivity index (χ3v) is 3.03. The molecule has 2 heterocycles. The van der Waals surface area contributed by atoms with Crippen LogP contribution in [0.2, 0.25) is 0 Å². The van der Waals surface area contributed by atoms with Crippen LogP contribution in [0.3, 0.4) is 0 Å². The fraction of sp³-hybridized carbons (Fsp3) is 0.727.